The summed E-state index contributed by atoms with van der Waals surface area (Å²) >= 11 is 12.2. The first-order valence-electron chi connectivity index (χ1n) is 7.89. The average molecular weight is 365 g/mol. The van der Waals surface area contributed by atoms with Gasteiger partial charge in [0.2, 0.25) is 0 Å². The van der Waals surface area contributed by atoms with Crippen LogP contribution in [0.25, 0.3) is 0 Å². The highest BCUT2D eigenvalue weighted by atomic mass is 35.5. The molecule has 2 atom stereocenters. The molecule has 5 heteroatoms. The van der Waals surface area contributed by atoms with Crippen molar-refractivity contribution < 1.29 is 4.79 Å². The predicted octanol–water partition coefficient (Wildman–Crippen LogP) is 4.39. The third-order valence-corrected chi connectivity index (χ3v) is 5.17. The molecule has 0 bridgehead atoms. The van der Waals surface area contributed by atoms with Crippen molar-refractivity contribution in [2.75, 3.05) is 0 Å². The van der Waals surface area contributed by atoms with Crippen LogP contribution in [0.4, 0.5) is 0 Å². The lowest BCUT2D eigenvalue weighted by Gasteiger charge is -2.19. The lowest BCUT2D eigenvalue weighted by atomic mass is 9.85. The van der Waals surface area contributed by atoms with Crippen LogP contribution in [0.1, 0.15) is 47.9 Å². The van der Waals surface area contributed by atoms with Gasteiger partial charge in [0.1, 0.15) is 5.78 Å². The number of ketones is 1. The maximum absolute atomic E-state index is 12.9. The van der Waals surface area contributed by atoms with Crippen LogP contribution in [0, 0.1) is 0 Å². The molecular weight excluding hydrogens is 343 g/mol. The number of halogens is 2. The van der Waals surface area contributed by atoms with Crippen LogP contribution < -0.4 is 11.5 Å². The van der Waals surface area contributed by atoms with Gasteiger partial charge in [-0.15, -0.1) is 0 Å². The minimum atomic E-state index is -0.250. The zero-order valence-corrected chi connectivity index (χ0v) is 15.4. The van der Waals surface area contributed by atoms with E-state index in [-0.39, 0.29) is 17.6 Å². The quantitative estimate of drug-likeness (QED) is 0.798. The number of carbonyl (C=O) groups is 1. The molecule has 4 N–H and O–H groups in total. The highest BCUT2D eigenvalue weighted by Crippen LogP contribution is 2.30. The summed E-state index contributed by atoms with van der Waals surface area (Å²) in [6.45, 7) is 4.50. The van der Waals surface area contributed by atoms with Gasteiger partial charge in [0.15, 0.2) is 0 Å². The van der Waals surface area contributed by atoms with Crippen molar-refractivity contribution >= 4 is 29.0 Å². The molecule has 0 saturated heterocycles. The maximum atomic E-state index is 12.9. The standard InChI is InChI=1S/C19H22Cl2N2O/c1-11(13-3-5-17(20)15(7-13)9-22)19(24)12(2)14-4-6-18(21)16(8-14)10-23/h3-8,11-12H,9-10,22-23H2,1-2H3. The number of Topliss-reactive ketones (excluding diaryl/α,β-unsaturated/α-hetero) is 1. The monoisotopic (exact) mass is 364 g/mol. The van der Waals surface area contributed by atoms with Crippen LogP contribution >= 0.6 is 23.2 Å². The molecule has 0 fully saturated rings. The fraction of sp³-hybridized carbons (Fsp3) is 0.316. The van der Waals surface area contributed by atoms with Crippen molar-refractivity contribution in [2.24, 2.45) is 11.5 Å². The van der Waals surface area contributed by atoms with Gasteiger partial charge in [-0.2, -0.15) is 0 Å². The van der Waals surface area contributed by atoms with Crippen molar-refractivity contribution in [3.63, 3.8) is 0 Å². The van der Waals surface area contributed by atoms with E-state index in [1.165, 1.54) is 0 Å². The van der Waals surface area contributed by atoms with Gasteiger partial charge in [-0.1, -0.05) is 61.3 Å². The normalized spacial score (nSPS) is 13.6. The van der Waals surface area contributed by atoms with Crippen molar-refractivity contribution in [3.8, 4) is 0 Å². The lowest BCUT2D eigenvalue weighted by molar-refractivity contribution is -0.121. The summed E-state index contributed by atoms with van der Waals surface area (Å²) in [7, 11) is 0. The molecule has 2 unspecified atom stereocenters. The molecule has 0 radical (unpaired) electrons. The van der Waals surface area contributed by atoms with E-state index in [0.717, 1.165) is 22.3 Å². The SMILES string of the molecule is CC(C(=O)C(C)c1ccc(Cl)c(CN)c1)c1ccc(Cl)c(CN)c1. The molecule has 2 aromatic carbocycles. The van der Waals surface area contributed by atoms with E-state index in [1.807, 2.05) is 38.1 Å². The summed E-state index contributed by atoms with van der Waals surface area (Å²) in [6, 6.07) is 11.2. The Balaban J connectivity index is 2.27. The van der Waals surface area contributed by atoms with Gasteiger partial charge in [0.25, 0.3) is 0 Å². The third-order valence-electron chi connectivity index (χ3n) is 4.43. The number of hydrogen-bond donors (Lipinski definition) is 2. The van der Waals surface area contributed by atoms with E-state index in [1.54, 1.807) is 12.1 Å². The molecule has 0 heterocycles. The molecule has 128 valence electrons. The van der Waals surface area contributed by atoms with Crippen LogP contribution in [-0.4, -0.2) is 5.78 Å². The minimum absolute atomic E-state index is 0.130. The highest BCUT2D eigenvalue weighted by Gasteiger charge is 2.23. The Morgan fingerprint density at radius 1 is 0.875 bits per heavy atom. The first-order valence-corrected chi connectivity index (χ1v) is 8.65. The van der Waals surface area contributed by atoms with E-state index in [9.17, 15) is 4.79 Å². The fourth-order valence-electron chi connectivity index (χ4n) is 2.74. The zero-order chi connectivity index (χ0) is 17.9. The van der Waals surface area contributed by atoms with Gasteiger partial charge in [0, 0.05) is 35.0 Å². The molecule has 0 aliphatic carbocycles. The Bertz CT molecular complexity index is 685. The molecular formula is C19H22Cl2N2O. The van der Waals surface area contributed by atoms with Crippen molar-refractivity contribution in [3.05, 3.63) is 68.7 Å². The van der Waals surface area contributed by atoms with E-state index in [4.69, 9.17) is 34.7 Å². The summed E-state index contributed by atoms with van der Waals surface area (Å²) in [6.07, 6.45) is 0. The number of hydrogen-bond acceptors (Lipinski definition) is 3. The molecule has 0 amide bonds. The predicted molar refractivity (Wildman–Crippen MR) is 101 cm³/mol. The Morgan fingerprint density at radius 3 is 1.58 bits per heavy atom. The first kappa shape index (κ1) is 18.9. The van der Waals surface area contributed by atoms with Crippen molar-refractivity contribution in [1.29, 1.82) is 0 Å². The Hall–Kier alpha value is -1.39. The van der Waals surface area contributed by atoms with Gasteiger partial charge < -0.3 is 11.5 Å². The van der Waals surface area contributed by atoms with Crippen LogP contribution in [0.5, 0.6) is 0 Å². The van der Waals surface area contributed by atoms with Crippen LogP contribution in [-0.2, 0) is 17.9 Å². The van der Waals surface area contributed by atoms with Gasteiger partial charge in [-0.05, 0) is 34.4 Å². The summed E-state index contributed by atoms with van der Waals surface area (Å²) in [5.74, 6) is -0.371. The summed E-state index contributed by atoms with van der Waals surface area (Å²) in [5.41, 5.74) is 14.9. The summed E-state index contributed by atoms with van der Waals surface area (Å²) < 4.78 is 0. The number of nitrogens with two attached hydrogens (primary N) is 2. The molecule has 0 saturated carbocycles. The minimum Gasteiger partial charge on any atom is -0.326 e. The first-order chi connectivity index (χ1) is 11.4. The van der Waals surface area contributed by atoms with Crippen LogP contribution in [0.3, 0.4) is 0 Å². The largest absolute Gasteiger partial charge is 0.326 e. The zero-order valence-electron chi connectivity index (χ0n) is 13.9. The summed E-state index contributed by atoms with van der Waals surface area (Å²) in [5, 5.41) is 1.25. The van der Waals surface area contributed by atoms with Gasteiger partial charge in [-0.25, -0.2) is 0 Å². The molecule has 0 spiro atoms. The maximum Gasteiger partial charge on any atom is 0.147 e. The van der Waals surface area contributed by atoms with E-state index < -0.39 is 0 Å². The second-order valence-corrected chi connectivity index (χ2v) is 6.77. The van der Waals surface area contributed by atoms with Crippen LogP contribution in [0.2, 0.25) is 10.0 Å². The number of carbonyl (C=O) groups excluding carboxylic acids is 1. The molecule has 24 heavy (non-hydrogen) atoms. The lowest BCUT2D eigenvalue weighted by Crippen LogP contribution is -2.17. The fourth-order valence-corrected chi connectivity index (χ4v) is 3.13. The highest BCUT2D eigenvalue weighted by molar-refractivity contribution is 6.31. The smallest absolute Gasteiger partial charge is 0.147 e. The van der Waals surface area contributed by atoms with Crippen molar-refractivity contribution in [2.45, 2.75) is 38.8 Å². The molecule has 0 aliphatic heterocycles. The average Bonchev–Trinajstić information content (AvgIpc) is 2.60. The molecule has 2 rings (SSSR count). The van der Waals surface area contributed by atoms with Crippen LogP contribution in [0.15, 0.2) is 36.4 Å². The summed E-state index contributed by atoms with van der Waals surface area (Å²) in [4.78, 5) is 12.9. The van der Waals surface area contributed by atoms with Gasteiger partial charge in [-0.3, -0.25) is 4.79 Å². The molecule has 3 nitrogen and oxygen atoms in total. The van der Waals surface area contributed by atoms with E-state index in [2.05, 4.69) is 0 Å². The van der Waals surface area contributed by atoms with E-state index >= 15 is 0 Å². The van der Waals surface area contributed by atoms with Gasteiger partial charge in [0.05, 0.1) is 0 Å². The third kappa shape index (κ3) is 3.98. The molecule has 2 aromatic rings. The second kappa shape index (κ2) is 8.13. The number of benzene rings is 2. The molecule has 0 aromatic heterocycles. The van der Waals surface area contributed by atoms with E-state index in [0.29, 0.717) is 23.1 Å². The number of rotatable bonds is 6. The Morgan fingerprint density at radius 2 is 1.25 bits per heavy atom. The van der Waals surface area contributed by atoms with Gasteiger partial charge >= 0.3 is 0 Å². The van der Waals surface area contributed by atoms with Crippen molar-refractivity contribution in [1.82, 2.24) is 0 Å². The molecule has 0 aliphatic rings. The Kier molecular flexibility index (Phi) is 6.41. The topological polar surface area (TPSA) is 69.1 Å². The Labute approximate surface area is 152 Å². The second-order valence-electron chi connectivity index (χ2n) is 5.96.